The lowest BCUT2D eigenvalue weighted by molar-refractivity contribution is -0.119. The van der Waals surface area contributed by atoms with Gasteiger partial charge in [-0.25, -0.2) is 0 Å². The number of benzene rings is 2. The number of methoxy groups -OCH3 is 2. The quantitative estimate of drug-likeness (QED) is 0.620. The largest absolute Gasteiger partial charge is 0.493 e. The number of hydrogen-bond donors (Lipinski definition) is 2. The molecule has 0 aliphatic carbocycles. The van der Waals surface area contributed by atoms with Crippen molar-refractivity contribution in [2.24, 2.45) is 0 Å². The van der Waals surface area contributed by atoms with E-state index in [2.05, 4.69) is 33.2 Å². The SMILES string of the molecule is COc1ccc(CCNC(=O)CNc2ccccc2I)cc1OC. The summed E-state index contributed by atoms with van der Waals surface area (Å²) >= 11 is 2.24. The molecule has 0 unspecified atom stereocenters. The molecule has 128 valence electrons. The van der Waals surface area contributed by atoms with Crippen molar-refractivity contribution in [1.82, 2.24) is 5.32 Å². The lowest BCUT2D eigenvalue weighted by Crippen LogP contribution is -2.31. The third kappa shape index (κ3) is 5.30. The first-order chi connectivity index (χ1) is 11.6. The van der Waals surface area contributed by atoms with Gasteiger partial charge in [0.1, 0.15) is 0 Å². The smallest absolute Gasteiger partial charge is 0.239 e. The number of halogens is 1. The molecule has 6 heteroatoms. The molecule has 0 aliphatic heterocycles. The van der Waals surface area contributed by atoms with Crippen LogP contribution in [0.4, 0.5) is 5.69 Å². The van der Waals surface area contributed by atoms with E-state index in [4.69, 9.17) is 9.47 Å². The van der Waals surface area contributed by atoms with Crippen LogP contribution in [0.5, 0.6) is 11.5 Å². The van der Waals surface area contributed by atoms with Gasteiger partial charge in [-0.2, -0.15) is 0 Å². The maximum atomic E-state index is 11.9. The van der Waals surface area contributed by atoms with E-state index >= 15 is 0 Å². The van der Waals surface area contributed by atoms with E-state index in [9.17, 15) is 4.79 Å². The van der Waals surface area contributed by atoms with Gasteiger partial charge in [-0.1, -0.05) is 18.2 Å². The lowest BCUT2D eigenvalue weighted by Gasteiger charge is -2.11. The van der Waals surface area contributed by atoms with Crippen molar-refractivity contribution in [1.29, 1.82) is 0 Å². The van der Waals surface area contributed by atoms with Crippen LogP contribution in [0.2, 0.25) is 0 Å². The molecule has 0 fully saturated rings. The zero-order valence-electron chi connectivity index (χ0n) is 13.8. The lowest BCUT2D eigenvalue weighted by atomic mass is 10.1. The van der Waals surface area contributed by atoms with Crippen LogP contribution in [0.1, 0.15) is 5.56 Å². The molecule has 1 amide bonds. The van der Waals surface area contributed by atoms with Crippen molar-refractivity contribution < 1.29 is 14.3 Å². The van der Waals surface area contributed by atoms with E-state index in [0.29, 0.717) is 18.0 Å². The standard InChI is InChI=1S/C18H21IN2O3/c1-23-16-8-7-13(11-17(16)24-2)9-10-20-18(22)12-21-15-6-4-3-5-14(15)19/h3-8,11,21H,9-10,12H2,1-2H3,(H,20,22). The molecule has 0 saturated heterocycles. The Balaban J connectivity index is 1.77. The fraction of sp³-hybridized carbons (Fsp3) is 0.278. The minimum Gasteiger partial charge on any atom is -0.493 e. The first-order valence-corrected chi connectivity index (χ1v) is 8.68. The van der Waals surface area contributed by atoms with Crippen LogP contribution in [-0.2, 0) is 11.2 Å². The summed E-state index contributed by atoms with van der Waals surface area (Å²) < 4.78 is 11.6. The predicted molar refractivity (Wildman–Crippen MR) is 104 cm³/mol. The van der Waals surface area contributed by atoms with E-state index in [1.165, 1.54) is 0 Å². The molecule has 0 radical (unpaired) electrons. The van der Waals surface area contributed by atoms with Crippen LogP contribution in [-0.4, -0.2) is 33.2 Å². The highest BCUT2D eigenvalue weighted by Gasteiger charge is 2.06. The summed E-state index contributed by atoms with van der Waals surface area (Å²) in [7, 11) is 3.22. The average molecular weight is 440 g/mol. The highest BCUT2D eigenvalue weighted by Crippen LogP contribution is 2.27. The Morgan fingerprint density at radius 2 is 1.83 bits per heavy atom. The number of rotatable bonds is 8. The maximum absolute atomic E-state index is 11.9. The second-order valence-corrected chi connectivity index (χ2v) is 6.28. The van der Waals surface area contributed by atoms with Crippen LogP contribution in [0.15, 0.2) is 42.5 Å². The number of amides is 1. The molecular weight excluding hydrogens is 419 g/mol. The number of anilines is 1. The van der Waals surface area contributed by atoms with Crippen molar-refractivity contribution in [2.45, 2.75) is 6.42 Å². The third-order valence-corrected chi connectivity index (χ3v) is 4.44. The summed E-state index contributed by atoms with van der Waals surface area (Å²) in [5, 5.41) is 6.05. The summed E-state index contributed by atoms with van der Waals surface area (Å²) in [6.07, 6.45) is 0.731. The Kier molecular flexibility index (Phi) is 7.17. The van der Waals surface area contributed by atoms with E-state index in [-0.39, 0.29) is 12.5 Å². The van der Waals surface area contributed by atoms with Crippen LogP contribution < -0.4 is 20.1 Å². The molecule has 0 saturated carbocycles. The first-order valence-electron chi connectivity index (χ1n) is 7.60. The monoisotopic (exact) mass is 440 g/mol. The molecular formula is C18H21IN2O3. The van der Waals surface area contributed by atoms with Crippen molar-refractivity contribution in [3.8, 4) is 11.5 Å². The minimum absolute atomic E-state index is 0.0323. The molecule has 2 aromatic rings. The number of ether oxygens (including phenoxy) is 2. The Morgan fingerprint density at radius 1 is 1.08 bits per heavy atom. The molecule has 0 aromatic heterocycles. The van der Waals surface area contributed by atoms with E-state index in [1.54, 1.807) is 14.2 Å². The predicted octanol–water partition coefficient (Wildman–Crippen LogP) is 3.08. The van der Waals surface area contributed by atoms with Gasteiger partial charge >= 0.3 is 0 Å². The molecule has 24 heavy (non-hydrogen) atoms. The molecule has 0 atom stereocenters. The van der Waals surface area contributed by atoms with E-state index in [0.717, 1.165) is 21.2 Å². The van der Waals surface area contributed by atoms with Crippen LogP contribution in [0.3, 0.4) is 0 Å². The van der Waals surface area contributed by atoms with Gasteiger partial charge in [0.15, 0.2) is 11.5 Å². The highest BCUT2D eigenvalue weighted by molar-refractivity contribution is 14.1. The Labute approximate surface area is 155 Å². The molecule has 0 spiro atoms. The summed E-state index contributed by atoms with van der Waals surface area (Å²) in [5.74, 6) is 1.36. The van der Waals surface area contributed by atoms with Crippen molar-refractivity contribution in [2.75, 3.05) is 32.6 Å². The summed E-state index contributed by atoms with van der Waals surface area (Å²) in [6, 6.07) is 13.6. The van der Waals surface area contributed by atoms with Gasteiger partial charge in [0, 0.05) is 15.8 Å². The topological polar surface area (TPSA) is 59.6 Å². The summed E-state index contributed by atoms with van der Waals surface area (Å²) in [6.45, 7) is 0.827. The Hall–Kier alpha value is -1.96. The minimum atomic E-state index is -0.0323. The number of carbonyl (C=O) groups excluding carboxylic acids is 1. The molecule has 0 heterocycles. The molecule has 0 bridgehead atoms. The molecule has 2 rings (SSSR count). The summed E-state index contributed by atoms with van der Waals surface area (Å²) in [4.78, 5) is 11.9. The van der Waals surface area contributed by atoms with Gasteiger partial charge in [0.25, 0.3) is 0 Å². The van der Waals surface area contributed by atoms with Gasteiger partial charge in [0.2, 0.25) is 5.91 Å². The van der Waals surface area contributed by atoms with E-state index < -0.39 is 0 Å². The maximum Gasteiger partial charge on any atom is 0.239 e. The molecule has 2 aromatic carbocycles. The Bertz CT molecular complexity index is 692. The van der Waals surface area contributed by atoms with Crippen molar-refractivity contribution in [3.63, 3.8) is 0 Å². The molecule has 5 nitrogen and oxygen atoms in total. The number of carbonyl (C=O) groups is 1. The number of nitrogens with one attached hydrogen (secondary N) is 2. The fourth-order valence-corrected chi connectivity index (χ4v) is 2.80. The van der Waals surface area contributed by atoms with Crippen molar-refractivity contribution in [3.05, 3.63) is 51.6 Å². The fourth-order valence-electron chi connectivity index (χ4n) is 2.22. The first kappa shape index (κ1) is 18.4. The van der Waals surface area contributed by atoms with Gasteiger partial charge in [0.05, 0.1) is 20.8 Å². The zero-order chi connectivity index (χ0) is 17.4. The normalized spacial score (nSPS) is 10.1. The van der Waals surface area contributed by atoms with Gasteiger partial charge in [-0.15, -0.1) is 0 Å². The average Bonchev–Trinajstić information content (AvgIpc) is 2.61. The Morgan fingerprint density at radius 3 is 2.54 bits per heavy atom. The van der Waals surface area contributed by atoms with Crippen LogP contribution >= 0.6 is 22.6 Å². The second kappa shape index (κ2) is 9.36. The number of hydrogen-bond acceptors (Lipinski definition) is 4. The second-order valence-electron chi connectivity index (χ2n) is 5.12. The van der Waals surface area contributed by atoms with Gasteiger partial charge < -0.3 is 20.1 Å². The van der Waals surface area contributed by atoms with Gasteiger partial charge in [-0.3, -0.25) is 4.79 Å². The van der Waals surface area contributed by atoms with Crippen LogP contribution in [0, 0.1) is 3.57 Å². The highest BCUT2D eigenvalue weighted by atomic mass is 127. The number of para-hydroxylation sites is 1. The van der Waals surface area contributed by atoms with Crippen LogP contribution in [0.25, 0.3) is 0 Å². The van der Waals surface area contributed by atoms with Crippen molar-refractivity contribution >= 4 is 34.2 Å². The molecule has 2 N–H and O–H groups in total. The van der Waals surface area contributed by atoms with Gasteiger partial charge in [-0.05, 0) is 58.8 Å². The molecule has 0 aliphatic rings. The summed E-state index contributed by atoms with van der Waals surface area (Å²) in [5.41, 5.74) is 2.05. The van der Waals surface area contributed by atoms with E-state index in [1.807, 2.05) is 42.5 Å². The zero-order valence-corrected chi connectivity index (χ0v) is 15.9. The third-order valence-electron chi connectivity index (χ3n) is 3.50.